The summed E-state index contributed by atoms with van der Waals surface area (Å²) in [6, 6.07) is 9.73. The summed E-state index contributed by atoms with van der Waals surface area (Å²) >= 11 is 0. The maximum Gasteiger partial charge on any atom is 0.322 e. The summed E-state index contributed by atoms with van der Waals surface area (Å²) in [6.45, 7) is -0.112. The van der Waals surface area contributed by atoms with Crippen LogP contribution in [0.3, 0.4) is 0 Å². The number of hydrogen-bond acceptors (Lipinski definition) is 9. The number of halogens is 1. The van der Waals surface area contributed by atoms with E-state index in [2.05, 4.69) is 15.6 Å². The van der Waals surface area contributed by atoms with E-state index in [1.807, 2.05) is 0 Å². The molecular weight excluding hydrogens is 539 g/mol. The molecule has 3 aliphatic heterocycles. The van der Waals surface area contributed by atoms with Crippen molar-refractivity contribution in [2.24, 2.45) is 0 Å². The summed E-state index contributed by atoms with van der Waals surface area (Å²) in [5.41, 5.74) is 1.25. The number of aromatic nitrogens is 3. The molecule has 0 spiro atoms. The summed E-state index contributed by atoms with van der Waals surface area (Å²) in [5, 5.41) is 52.3. The van der Waals surface area contributed by atoms with Gasteiger partial charge in [0.25, 0.3) is 5.91 Å². The fraction of sp³-hybridized carbons (Fsp3) is 0.407. The third kappa shape index (κ3) is 4.99. The van der Waals surface area contributed by atoms with Crippen molar-refractivity contribution in [3.63, 3.8) is 0 Å². The third-order valence-corrected chi connectivity index (χ3v) is 7.97. The van der Waals surface area contributed by atoms with Crippen molar-refractivity contribution >= 4 is 17.6 Å². The summed E-state index contributed by atoms with van der Waals surface area (Å²) in [6.07, 6.45) is -3.60. The first-order valence-electron chi connectivity index (χ1n) is 13.2. The average Bonchev–Trinajstić information content (AvgIpc) is 3.71. The van der Waals surface area contributed by atoms with Gasteiger partial charge in [0.2, 0.25) is 0 Å². The highest BCUT2D eigenvalue weighted by Gasteiger charge is 2.54. The molecule has 3 amide bonds. The molecule has 3 fully saturated rings. The zero-order valence-electron chi connectivity index (χ0n) is 21.7. The van der Waals surface area contributed by atoms with Gasteiger partial charge in [-0.05, 0) is 42.8 Å². The number of benzene rings is 2. The van der Waals surface area contributed by atoms with Gasteiger partial charge in [0, 0.05) is 24.3 Å². The van der Waals surface area contributed by atoms with Crippen LogP contribution in [-0.4, -0.2) is 113 Å². The molecule has 5 N–H and O–H groups in total. The number of ether oxygens (including phenoxy) is 1. The topological polar surface area (TPSA) is 174 Å². The zero-order chi connectivity index (χ0) is 28.8. The maximum absolute atomic E-state index is 13.7. The van der Waals surface area contributed by atoms with Gasteiger partial charge in [-0.3, -0.25) is 4.79 Å². The van der Waals surface area contributed by atoms with Gasteiger partial charge in [0.1, 0.15) is 41.6 Å². The number of urea groups is 1. The van der Waals surface area contributed by atoms with Crippen LogP contribution in [-0.2, 0) is 9.53 Å². The minimum atomic E-state index is -1.55. The number of aromatic hydroxyl groups is 1. The van der Waals surface area contributed by atoms with Gasteiger partial charge in [-0.2, -0.15) is 0 Å². The minimum Gasteiger partial charge on any atom is -0.508 e. The number of anilines is 1. The molecule has 14 heteroatoms. The number of piperazine rings is 1. The predicted molar refractivity (Wildman–Crippen MR) is 140 cm³/mol. The molecule has 13 nitrogen and oxygen atoms in total. The lowest BCUT2D eigenvalue weighted by molar-refractivity contribution is -0.212. The van der Waals surface area contributed by atoms with E-state index in [1.165, 1.54) is 41.2 Å². The van der Waals surface area contributed by atoms with E-state index >= 15 is 0 Å². The number of carbonyl (C=O) groups is 2. The van der Waals surface area contributed by atoms with E-state index in [0.717, 1.165) is 0 Å². The monoisotopic (exact) mass is 568 g/mol. The molecule has 4 heterocycles. The quantitative estimate of drug-likeness (QED) is 0.272. The molecule has 0 aliphatic carbocycles. The number of hydrogen-bond donors (Lipinski definition) is 5. The number of phenols is 1. The molecule has 7 atom stereocenters. The third-order valence-electron chi connectivity index (χ3n) is 7.97. The van der Waals surface area contributed by atoms with E-state index in [1.54, 1.807) is 28.0 Å². The number of nitrogens with one attached hydrogen (secondary N) is 1. The van der Waals surface area contributed by atoms with Crippen molar-refractivity contribution in [3.05, 3.63) is 60.5 Å². The molecule has 6 rings (SSSR count). The van der Waals surface area contributed by atoms with Crippen molar-refractivity contribution in [1.82, 2.24) is 24.8 Å². The molecular formula is C27H29FN6O7. The van der Waals surface area contributed by atoms with Crippen molar-refractivity contribution in [2.45, 2.75) is 49.0 Å². The summed E-state index contributed by atoms with van der Waals surface area (Å²) in [4.78, 5) is 29.7. The van der Waals surface area contributed by atoms with Gasteiger partial charge >= 0.3 is 6.03 Å². The fourth-order valence-corrected chi connectivity index (χ4v) is 5.91. The Labute approximate surface area is 233 Å². The van der Waals surface area contributed by atoms with Crippen LogP contribution in [0.2, 0.25) is 0 Å². The molecule has 3 aromatic rings. The molecule has 0 unspecified atom stereocenters. The first-order valence-corrected chi connectivity index (χ1v) is 13.2. The van der Waals surface area contributed by atoms with Crippen LogP contribution in [0.15, 0.2) is 54.7 Å². The predicted octanol–water partition coefficient (Wildman–Crippen LogP) is 0.330. The van der Waals surface area contributed by atoms with Crippen molar-refractivity contribution < 1.29 is 39.1 Å². The number of phenolic OH excluding ortho intramolecular Hbond substituents is 1. The van der Waals surface area contributed by atoms with Crippen LogP contribution < -0.4 is 5.32 Å². The van der Waals surface area contributed by atoms with Crippen molar-refractivity contribution in [3.8, 4) is 17.0 Å². The van der Waals surface area contributed by atoms with E-state index < -0.39 is 48.8 Å². The standard InChI is InChI=1S/C27H29FN6O7/c28-15-3-1-2-14(8-15)20-12-34(31-30-20)22-23(37)21(13-35)41-25(24(22)38)26(39)32-10-18-9-17(32)11-33(18)27(40)29-16-4-6-19(36)7-5-16/h1-8,12,17-18,21-25,35-38H,9-11,13H2,(H,29,40)/t17-,18-,21+,22-,23-,24+,25+/m0/s1. The second-order valence-corrected chi connectivity index (χ2v) is 10.5. The van der Waals surface area contributed by atoms with Crippen LogP contribution in [0.4, 0.5) is 14.9 Å². The number of amides is 3. The lowest BCUT2D eigenvalue weighted by Crippen LogP contribution is -2.62. The highest BCUT2D eigenvalue weighted by Crippen LogP contribution is 2.36. The van der Waals surface area contributed by atoms with Gasteiger partial charge in [-0.1, -0.05) is 17.3 Å². The Balaban J connectivity index is 1.16. The SMILES string of the molecule is O=C(Nc1ccc(O)cc1)N1C[C@@H]2C[C@H]1CN2C(=O)[C@@H]1O[C@H](CO)[C@H](O)[C@H](n2cc(-c3cccc(F)c3)nn2)[C@H]1O. The largest absolute Gasteiger partial charge is 0.508 e. The van der Waals surface area contributed by atoms with Gasteiger partial charge in [-0.15, -0.1) is 5.10 Å². The number of aliphatic hydroxyl groups is 3. The Hall–Kier alpha value is -4.11. The number of likely N-dealkylation sites (tertiary alicyclic amines) is 2. The summed E-state index contributed by atoms with van der Waals surface area (Å²) < 4.78 is 20.6. The smallest absolute Gasteiger partial charge is 0.322 e. The molecule has 1 aromatic heterocycles. The lowest BCUT2D eigenvalue weighted by atomic mass is 9.91. The molecule has 0 radical (unpaired) electrons. The number of carbonyl (C=O) groups excluding carboxylic acids is 2. The van der Waals surface area contributed by atoms with Gasteiger partial charge < -0.3 is 40.3 Å². The van der Waals surface area contributed by atoms with E-state index in [9.17, 15) is 34.4 Å². The van der Waals surface area contributed by atoms with Crippen LogP contribution in [0, 0.1) is 5.82 Å². The molecule has 0 saturated carbocycles. The Kier molecular flexibility index (Phi) is 7.07. The molecule has 3 aliphatic rings. The Bertz CT molecular complexity index is 1440. The Morgan fingerprint density at radius 2 is 1.78 bits per heavy atom. The van der Waals surface area contributed by atoms with Gasteiger partial charge in [-0.25, -0.2) is 13.9 Å². The number of nitrogens with zero attached hydrogens (tertiary/aromatic N) is 5. The van der Waals surface area contributed by atoms with E-state index in [-0.39, 0.29) is 37.0 Å². The van der Waals surface area contributed by atoms with Crippen molar-refractivity contribution in [2.75, 3.05) is 25.0 Å². The van der Waals surface area contributed by atoms with Crippen LogP contribution >= 0.6 is 0 Å². The van der Waals surface area contributed by atoms with Crippen molar-refractivity contribution in [1.29, 1.82) is 0 Å². The van der Waals surface area contributed by atoms with Crippen LogP contribution in [0.1, 0.15) is 12.5 Å². The Morgan fingerprint density at radius 3 is 2.46 bits per heavy atom. The molecule has 216 valence electrons. The average molecular weight is 569 g/mol. The second kappa shape index (κ2) is 10.7. The number of fused-ring (bicyclic) bond motifs is 2. The van der Waals surface area contributed by atoms with Gasteiger partial charge in [0.15, 0.2) is 6.10 Å². The molecule has 3 saturated heterocycles. The zero-order valence-corrected chi connectivity index (χ0v) is 21.7. The van der Waals surface area contributed by atoms with E-state index in [4.69, 9.17) is 4.74 Å². The lowest BCUT2D eigenvalue weighted by Gasteiger charge is -2.43. The number of rotatable bonds is 5. The first kappa shape index (κ1) is 27.1. The maximum atomic E-state index is 13.7. The summed E-state index contributed by atoms with van der Waals surface area (Å²) in [5.74, 6) is -0.909. The Morgan fingerprint density at radius 1 is 1.05 bits per heavy atom. The van der Waals surface area contributed by atoms with E-state index in [0.29, 0.717) is 23.4 Å². The minimum absolute atomic E-state index is 0.0820. The fourth-order valence-electron chi connectivity index (χ4n) is 5.91. The molecule has 2 bridgehead atoms. The molecule has 2 aromatic carbocycles. The van der Waals surface area contributed by atoms with Crippen LogP contribution in [0.5, 0.6) is 5.75 Å². The summed E-state index contributed by atoms with van der Waals surface area (Å²) in [7, 11) is 0. The first-order chi connectivity index (χ1) is 19.7. The molecule has 41 heavy (non-hydrogen) atoms. The normalized spacial score (nSPS) is 29.1. The van der Waals surface area contributed by atoms with Crippen LogP contribution in [0.25, 0.3) is 11.3 Å². The number of aliphatic hydroxyl groups excluding tert-OH is 3. The highest BCUT2D eigenvalue weighted by molar-refractivity contribution is 5.90. The van der Waals surface area contributed by atoms with Gasteiger partial charge in [0.05, 0.1) is 24.9 Å². The second-order valence-electron chi connectivity index (χ2n) is 10.5. The highest BCUT2D eigenvalue weighted by atomic mass is 19.1.